The van der Waals surface area contributed by atoms with Crippen LogP contribution < -0.4 is 5.32 Å². The lowest BCUT2D eigenvalue weighted by molar-refractivity contribution is -0.379. The lowest BCUT2D eigenvalue weighted by Crippen LogP contribution is -2.66. The molecule has 0 spiro atoms. The Kier molecular flexibility index (Phi) is 67.9. The Bertz CT molecular complexity index is 2550. The Morgan fingerprint density at radius 2 is 0.609 bits per heavy atom. The molecule has 3 heterocycles. The molecular formula is C96H167NO18. The number of aliphatic hydroxyl groups excluding tert-OH is 11. The van der Waals surface area contributed by atoms with Crippen molar-refractivity contribution in [3.8, 4) is 0 Å². The minimum absolute atomic E-state index is 0.227. The van der Waals surface area contributed by atoms with Crippen LogP contribution in [0.3, 0.4) is 0 Å². The molecule has 0 bridgehead atoms. The van der Waals surface area contributed by atoms with Gasteiger partial charge in [0, 0.05) is 6.42 Å². The van der Waals surface area contributed by atoms with E-state index in [1.807, 2.05) is 6.08 Å². The zero-order chi connectivity index (χ0) is 83.1. The van der Waals surface area contributed by atoms with Crippen molar-refractivity contribution in [3.63, 3.8) is 0 Å². The summed E-state index contributed by atoms with van der Waals surface area (Å²) in [4.78, 5) is 13.5. The van der Waals surface area contributed by atoms with Gasteiger partial charge in [0.05, 0.1) is 38.6 Å². The summed E-state index contributed by atoms with van der Waals surface area (Å²) in [6.07, 6.45) is 79.2. The summed E-state index contributed by atoms with van der Waals surface area (Å²) in [5, 5.41) is 121. The number of carbonyl (C=O) groups excluding carboxylic acids is 1. The smallest absolute Gasteiger partial charge is 0.220 e. The van der Waals surface area contributed by atoms with Crippen LogP contribution in [0.25, 0.3) is 0 Å². The van der Waals surface area contributed by atoms with Crippen molar-refractivity contribution >= 4 is 5.91 Å². The number of ether oxygens (including phenoxy) is 6. The summed E-state index contributed by atoms with van der Waals surface area (Å²) in [6, 6.07) is -1.00. The van der Waals surface area contributed by atoms with Crippen molar-refractivity contribution in [1.29, 1.82) is 0 Å². The van der Waals surface area contributed by atoms with E-state index in [0.717, 1.165) is 103 Å². The molecule has 1 amide bonds. The van der Waals surface area contributed by atoms with Gasteiger partial charge in [0.25, 0.3) is 0 Å². The summed E-state index contributed by atoms with van der Waals surface area (Å²) < 4.78 is 34.5. The third-order valence-electron chi connectivity index (χ3n) is 22.2. The molecule has 17 unspecified atom stereocenters. The van der Waals surface area contributed by atoms with Crippen molar-refractivity contribution < 1.29 is 89.4 Å². The fourth-order valence-corrected chi connectivity index (χ4v) is 14.9. The molecule has 3 aliphatic rings. The van der Waals surface area contributed by atoms with E-state index in [0.29, 0.717) is 12.8 Å². The molecule has 0 radical (unpaired) electrons. The number of nitrogens with one attached hydrogen (secondary N) is 1. The molecule has 0 aromatic heterocycles. The van der Waals surface area contributed by atoms with Gasteiger partial charge in [-0.15, -0.1) is 0 Å². The van der Waals surface area contributed by atoms with Crippen LogP contribution in [-0.4, -0.2) is 193 Å². The molecule has 3 aliphatic heterocycles. The first-order valence-electron chi connectivity index (χ1n) is 46.3. The van der Waals surface area contributed by atoms with Crippen LogP contribution in [0.4, 0.5) is 0 Å². The molecule has 19 heteroatoms. The Morgan fingerprint density at radius 1 is 0.322 bits per heavy atom. The second kappa shape index (κ2) is 74.1. The quantitative estimate of drug-likeness (QED) is 0.0199. The monoisotopic (exact) mass is 1620 g/mol. The molecule has 0 aromatic carbocycles. The van der Waals surface area contributed by atoms with E-state index in [-0.39, 0.29) is 18.9 Å². The number of hydrogen-bond acceptors (Lipinski definition) is 18. The van der Waals surface area contributed by atoms with Crippen LogP contribution in [0, 0.1) is 0 Å². The van der Waals surface area contributed by atoms with Crippen molar-refractivity contribution in [2.45, 2.75) is 452 Å². The molecule has 0 saturated carbocycles. The number of amides is 1. The summed E-state index contributed by atoms with van der Waals surface area (Å²) in [6.45, 7) is 1.64. The van der Waals surface area contributed by atoms with Crippen LogP contribution in [0.2, 0.25) is 0 Å². The van der Waals surface area contributed by atoms with Gasteiger partial charge >= 0.3 is 0 Å². The topological polar surface area (TPSA) is 307 Å². The van der Waals surface area contributed by atoms with E-state index >= 15 is 0 Å². The van der Waals surface area contributed by atoms with Gasteiger partial charge in [-0.25, -0.2) is 0 Å². The number of rotatable bonds is 74. The molecule has 17 atom stereocenters. The first-order valence-corrected chi connectivity index (χ1v) is 46.3. The van der Waals surface area contributed by atoms with Gasteiger partial charge in [-0.2, -0.15) is 0 Å². The van der Waals surface area contributed by atoms with Crippen molar-refractivity contribution in [3.05, 3.63) is 122 Å². The van der Waals surface area contributed by atoms with Gasteiger partial charge in [0.15, 0.2) is 18.9 Å². The fraction of sp³-hybridized carbons (Fsp3) is 0.781. The normalized spacial score (nSPS) is 25.2. The molecule has 0 aliphatic carbocycles. The van der Waals surface area contributed by atoms with Crippen molar-refractivity contribution in [2.75, 3.05) is 26.4 Å². The highest BCUT2D eigenvalue weighted by Gasteiger charge is 2.54. The maximum atomic E-state index is 13.5. The van der Waals surface area contributed by atoms with Crippen LogP contribution >= 0.6 is 0 Å². The van der Waals surface area contributed by atoms with Crippen LogP contribution in [0.1, 0.15) is 348 Å². The average molecular weight is 1620 g/mol. The molecule has 115 heavy (non-hydrogen) atoms. The lowest BCUT2D eigenvalue weighted by atomic mass is 9.96. The van der Waals surface area contributed by atoms with Gasteiger partial charge in [-0.1, -0.05) is 367 Å². The maximum absolute atomic E-state index is 13.5. The predicted molar refractivity (Wildman–Crippen MR) is 466 cm³/mol. The molecule has 664 valence electrons. The van der Waals surface area contributed by atoms with Gasteiger partial charge in [-0.3, -0.25) is 4.79 Å². The molecule has 3 saturated heterocycles. The Hall–Kier alpha value is -3.81. The molecular weight excluding hydrogens is 1460 g/mol. The fourth-order valence-electron chi connectivity index (χ4n) is 14.9. The van der Waals surface area contributed by atoms with E-state index in [1.54, 1.807) is 6.08 Å². The minimum Gasteiger partial charge on any atom is -0.394 e. The van der Waals surface area contributed by atoms with Crippen LogP contribution in [-0.2, 0) is 33.2 Å². The summed E-state index contributed by atoms with van der Waals surface area (Å²) in [5.41, 5.74) is 0. The number of hydrogen-bond donors (Lipinski definition) is 12. The molecule has 3 rings (SSSR count). The lowest BCUT2D eigenvalue weighted by Gasteiger charge is -2.48. The highest BCUT2D eigenvalue weighted by molar-refractivity contribution is 5.76. The number of allylic oxidation sites excluding steroid dienone is 19. The third-order valence-corrected chi connectivity index (χ3v) is 22.2. The number of aliphatic hydroxyl groups is 11. The number of carbonyl (C=O) groups is 1. The molecule has 19 nitrogen and oxygen atoms in total. The summed E-state index contributed by atoms with van der Waals surface area (Å²) in [5.74, 6) is -0.288. The summed E-state index contributed by atoms with van der Waals surface area (Å²) >= 11 is 0. The Morgan fingerprint density at radius 3 is 0.974 bits per heavy atom. The Balaban J connectivity index is 1.34. The SMILES string of the molecule is CC/C=C\C/C=C\C/C=C\C/C=C\C/C=C\C/C=C\C/C=C\C/C=C\CCCCCCCCCCCCCCC(=O)NC(COC1OC(CO)C(OC2OC(CO)C(OC3OC(CO)C(O)C(O)C3O)C(O)C2O)C(O)C1O)C(O)/C=C/CC/C=C/CCCCCCCCCCCCCCCCCCCCCCCCCCCCC. The third kappa shape index (κ3) is 52.2. The zero-order valence-corrected chi connectivity index (χ0v) is 71.7. The van der Waals surface area contributed by atoms with E-state index in [9.17, 15) is 61.0 Å². The largest absolute Gasteiger partial charge is 0.394 e. The average Bonchev–Trinajstić information content (AvgIpc) is 0.779. The minimum atomic E-state index is -1.99. The molecule has 3 fully saturated rings. The van der Waals surface area contributed by atoms with E-state index < -0.39 is 124 Å². The number of unbranched alkanes of at least 4 members (excludes halogenated alkanes) is 40. The van der Waals surface area contributed by atoms with E-state index in [4.69, 9.17) is 28.4 Å². The highest BCUT2D eigenvalue weighted by atomic mass is 16.8. The van der Waals surface area contributed by atoms with Crippen molar-refractivity contribution in [2.24, 2.45) is 0 Å². The van der Waals surface area contributed by atoms with Gasteiger partial charge in [0.1, 0.15) is 73.2 Å². The first-order chi connectivity index (χ1) is 56.3. The standard InChI is InChI=1S/C96H167NO18/c1-3-5-7-9-11-13-15-17-19-21-23-25-27-29-31-33-35-37-38-39-40-42-44-46-48-50-52-54-56-58-60-62-64-66-68-70-72-74-84(102)97-79(80(101)73-71-69-67-65-63-61-59-57-55-53-51-49-47-45-43-41-36-34-32-30-28-26-24-22-20-18-16-14-12-10-8-6-4-2)78-110-94-90(108)87(105)92(82(76-99)112-94)115-96-91(109)88(106)93(83(77-100)113-96)114-95-89(107)86(104)85(103)81(75-98)111-95/h5,7,11,13,17,19,23,25,29,31,35,37,39-40,44,46,63,65,71,73,79-83,85-96,98-101,103-109H,3-4,6,8-10,12,14-16,18,20-22,24,26-28,30,32-34,36,38,41-43,45,47-62,64,66-70,72,74-78H2,1-2H3,(H,97,102)/b7-5-,13-11-,19-17-,25-23-,31-29-,37-35-,40-39-,46-44-,65-63+,73-71+. The second-order valence-electron chi connectivity index (χ2n) is 32.4. The Labute approximate surface area is 697 Å². The maximum Gasteiger partial charge on any atom is 0.220 e. The second-order valence-corrected chi connectivity index (χ2v) is 32.4. The summed E-state index contributed by atoms with van der Waals surface area (Å²) in [7, 11) is 0. The highest BCUT2D eigenvalue weighted by Crippen LogP contribution is 2.34. The van der Waals surface area contributed by atoms with Gasteiger partial charge < -0.3 is 89.9 Å². The van der Waals surface area contributed by atoms with Crippen molar-refractivity contribution in [1.82, 2.24) is 5.32 Å². The first kappa shape index (κ1) is 105. The van der Waals surface area contributed by atoms with Crippen LogP contribution in [0.5, 0.6) is 0 Å². The zero-order valence-electron chi connectivity index (χ0n) is 71.7. The van der Waals surface area contributed by atoms with E-state index in [1.165, 1.54) is 212 Å². The predicted octanol–water partition coefficient (Wildman–Crippen LogP) is 18.2. The van der Waals surface area contributed by atoms with Gasteiger partial charge in [0.2, 0.25) is 5.91 Å². The van der Waals surface area contributed by atoms with E-state index in [2.05, 4.69) is 129 Å². The van der Waals surface area contributed by atoms with Gasteiger partial charge in [-0.05, 0) is 96.3 Å². The van der Waals surface area contributed by atoms with Crippen LogP contribution in [0.15, 0.2) is 122 Å². The molecule has 12 N–H and O–H groups in total. The molecule has 0 aromatic rings.